The van der Waals surface area contributed by atoms with E-state index in [2.05, 4.69) is 266 Å². The van der Waals surface area contributed by atoms with Crippen LogP contribution in [-0.2, 0) is 5.41 Å². The Morgan fingerprint density at radius 3 is 1.42 bits per heavy atom. The molecule has 11 aromatic rings. The lowest BCUT2D eigenvalue weighted by molar-refractivity contribution is 0.768. The summed E-state index contributed by atoms with van der Waals surface area (Å²) in [5.74, 6) is 0. The van der Waals surface area contributed by atoms with Gasteiger partial charge in [-0.05, 0) is 120 Å². The summed E-state index contributed by atoms with van der Waals surface area (Å²) in [4.78, 5) is 2.52. The van der Waals surface area contributed by atoms with Crippen LogP contribution in [0.4, 0.5) is 17.1 Å². The number of rotatable bonds is 8. The largest absolute Gasteiger partial charge is 0.309 e. The van der Waals surface area contributed by atoms with Gasteiger partial charge in [0.05, 0.1) is 16.8 Å². The van der Waals surface area contributed by atoms with Crippen molar-refractivity contribution >= 4 is 38.6 Å². The first-order valence-electron chi connectivity index (χ1n) is 22.2. The van der Waals surface area contributed by atoms with Crippen LogP contribution in [0.1, 0.15) is 22.3 Å². The van der Waals surface area contributed by atoms with Gasteiger partial charge in [-0.1, -0.05) is 218 Å². The number of nitrogens with zero attached hydrogens (tertiary/aromatic N) is 1. The Bertz CT molecular complexity index is 3440. The van der Waals surface area contributed by atoms with Gasteiger partial charge in [0, 0.05) is 16.8 Å². The molecule has 1 aliphatic carbocycles. The average Bonchev–Trinajstić information content (AvgIpc) is 3.69. The van der Waals surface area contributed by atoms with Crippen molar-refractivity contribution in [3.63, 3.8) is 0 Å². The second kappa shape index (κ2) is 15.6. The highest BCUT2D eigenvalue weighted by Gasteiger charge is 2.47. The summed E-state index contributed by atoms with van der Waals surface area (Å²) in [7, 11) is 0. The van der Waals surface area contributed by atoms with E-state index >= 15 is 0 Å². The summed E-state index contributed by atoms with van der Waals surface area (Å²) in [5, 5.41) is 4.91. The van der Waals surface area contributed by atoms with Gasteiger partial charge in [0.2, 0.25) is 0 Å². The van der Waals surface area contributed by atoms with Gasteiger partial charge in [-0.2, -0.15) is 0 Å². The van der Waals surface area contributed by atoms with E-state index in [1.54, 1.807) is 0 Å². The minimum atomic E-state index is -0.533. The Balaban J connectivity index is 1.15. The zero-order valence-electron chi connectivity index (χ0n) is 35.3. The molecule has 300 valence electrons. The zero-order valence-corrected chi connectivity index (χ0v) is 35.3. The molecular formula is C63H43N. The Morgan fingerprint density at radius 1 is 0.266 bits per heavy atom. The molecule has 11 aromatic carbocycles. The maximum absolute atomic E-state index is 2.52. The first kappa shape index (κ1) is 37.5. The minimum absolute atomic E-state index is 0.533. The molecule has 64 heavy (non-hydrogen) atoms. The van der Waals surface area contributed by atoms with Crippen LogP contribution in [0.2, 0.25) is 0 Å². The van der Waals surface area contributed by atoms with E-state index in [-0.39, 0.29) is 0 Å². The van der Waals surface area contributed by atoms with Crippen LogP contribution in [0.25, 0.3) is 66.1 Å². The summed E-state index contributed by atoms with van der Waals surface area (Å²) in [6.07, 6.45) is 0. The smallest absolute Gasteiger partial charge is 0.0714 e. The predicted molar refractivity (Wildman–Crippen MR) is 270 cm³/mol. The quantitative estimate of drug-likeness (QED) is 0.148. The summed E-state index contributed by atoms with van der Waals surface area (Å²) >= 11 is 0. The fraction of sp³-hybridized carbons (Fsp3) is 0.0159. The monoisotopic (exact) mass is 813 g/mol. The molecule has 0 saturated heterocycles. The summed E-state index contributed by atoms with van der Waals surface area (Å²) in [6.45, 7) is 0. The summed E-state index contributed by atoms with van der Waals surface area (Å²) in [6, 6.07) is 96.1. The van der Waals surface area contributed by atoms with E-state index in [0.29, 0.717) is 0 Å². The zero-order chi connectivity index (χ0) is 42.5. The topological polar surface area (TPSA) is 3.24 Å². The van der Waals surface area contributed by atoms with Crippen LogP contribution in [-0.4, -0.2) is 0 Å². The lowest BCUT2D eigenvalue weighted by Crippen LogP contribution is -2.28. The maximum atomic E-state index is 2.52. The van der Waals surface area contributed by atoms with Gasteiger partial charge in [0.25, 0.3) is 0 Å². The maximum Gasteiger partial charge on any atom is 0.0714 e. The number of hydrogen-bond acceptors (Lipinski definition) is 1. The molecule has 12 rings (SSSR count). The van der Waals surface area contributed by atoms with Crippen LogP contribution < -0.4 is 4.90 Å². The number of hydrogen-bond donors (Lipinski definition) is 0. The van der Waals surface area contributed by atoms with E-state index in [9.17, 15) is 0 Å². The van der Waals surface area contributed by atoms with Crippen LogP contribution in [0.5, 0.6) is 0 Å². The molecule has 0 saturated carbocycles. The van der Waals surface area contributed by atoms with Gasteiger partial charge < -0.3 is 4.90 Å². The van der Waals surface area contributed by atoms with Gasteiger partial charge in [-0.3, -0.25) is 0 Å². The first-order valence-corrected chi connectivity index (χ1v) is 22.2. The molecule has 0 amide bonds. The SMILES string of the molecule is c1ccc(-c2ccc(N(c3ccc(-c4ccc5ccccc5c4)cc3-c3ccc4ccccc4c3)c3cccc4c3-c3ccccc3C4(c3ccccc3)c3ccccc3)cc2)cc1. The Kier molecular flexibility index (Phi) is 9.13. The van der Waals surface area contributed by atoms with E-state index in [1.165, 1.54) is 77.2 Å². The molecule has 0 radical (unpaired) electrons. The fourth-order valence-corrected chi connectivity index (χ4v) is 10.4. The van der Waals surface area contributed by atoms with Crippen LogP contribution >= 0.6 is 0 Å². The lowest BCUT2D eigenvalue weighted by atomic mass is 9.68. The van der Waals surface area contributed by atoms with Crippen LogP contribution in [0.15, 0.2) is 261 Å². The fourth-order valence-electron chi connectivity index (χ4n) is 10.4. The second-order valence-corrected chi connectivity index (χ2v) is 16.8. The number of benzene rings is 11. The third-order valence-electron chi connectivity index (χ3n) is 13.3. The Hall–Kier alpha value is -8.26. The van der Waals surface area contributed by atoms with Crippen LogP contribution in [0, 0.1) is 0 Å². The van der Waals surface area contributed by atoms with Gasteiger partial charge in [0.15, 0.2) is 0 Å². The highest BCUT2D eigenvalue weighted by molar-refractivity contribution is 6.01. The van der Waals surface area contributed by atoms with E-state index in [0.717, 1.165) is 28.2 Å². The van der Waals surface area contributed by atoms with Gasteiger partial charge in [-0.25, -0.2) is 0 Å². The van der Waals surface area contributed by atoms with Gasteiger partial charge in [0.1, 0.15) is 0 Å². The normalized spacial score (nSPS) is 12.5. The summed E-state index contributed by atoms with van der Waals surface area (Å²) in [5.41, 5.74) is 17.4. The lowest BCUT2D eigenvalue weighted by Gasteiger charge is -2.34. The van der Waals surface area contributed by atoms with Crippen molar-refractivity contribution in [1.29, 1.82) is 0 Å². The molecule has 0 heterocycles. The molecule has 0 aliphatic heterocycles. The van der Waals surface area contributed by atoms with Crippen molar-refractivity contribution in [2.45, 2.75) is 5.41 Å². The highest BCUT2D eigenvalue weighted by Crippen LogP contribution is 2.60. The molecule has 0 N–H and O–H groups in total. The molecule has 0 unspecified atom stereocenters. The molecule has 1 nitrogen and oxygen atoms in total. The van der Waals surface area contributed by atoms with Crippen LogP contribution in [0.3, 0.4) is 0 Å². The number of anilines is 3. The average molecular weight is 814 g/mol. The van der Waals surface area contributed by atoms with Crippen molar-refractivity contribution < 1.29 is 0 Å². The Labute approximate surface area is 374 Å². The van der Waals surface area contributed by atoms with Gasteiger partial charge in [-0.15, -0.1) is 0 Å². The molecule has 0 fully saturated rings. The molecule has 0 bridgehead atoms. The molecular weight excluding hydrogens is 771 g/mol. The van der Waals surface area contributed by atoms with Crippen molar-refractivity contribution in [2.24, 2.45) is 0 Å². The molecule has 1 heteroatoms. The Morgan fingerprint density at radius 2 is 0.750 bits per heavy atom. The van der Waals surface area contributed by atoms with E-state index in [1.807, 2.05) is 0 Å². The van der Waals surface area contributed by atoms with Gasteiger partial charge >= 0.3 is 0 Å². The van der Waals surface area contributed by atoms with Crippen molar-refractivity contribution in [3.8, 4) is 44.5 Å². The molecule has 1 aliphatic rings. The minimum Gasteiger partial charge on any atom is -0.309 e. The third kappa shape index (κ3) is 6.16. The van der Waals surface area contributed by atoms with E-state index < -0.39 is 5.41 Å². The highest BCUT2D eigenvalue weighted by atomic mass is 15.1. The van der Waals surface area contributed by atoms with Crippen molar-refractivity contribution in [2.75, 3.05) is 4.90 Å². The molecule has 0 atom stereocenters. The second-order valence-electron chi connectivity index (χ2n) is 16.8. The number of fused-ring (bicyclic) bond motifs is 5. The van der Waals surface area contributed by atoms with Crippen molar-refractivity contribution in [1.82, 2.24) is 0 Å². The van der Waals surface area contributed by atoms with E-state index in [4.69, 9.17) is 0 Å². The molecule has 0 spiro atoms. The third-order valence-corrected chi connectivity index (χ3v) is 13.3. The summed E-state index contributed by atoms with van der Waals surface area (Å²) < 4.78 is 0. The molecule has 0 aromatic heterocycles. The van der Waals surface area contributed by atoms with Crippen molar-refractivity contribution in [3.05, 3.63) is 283 Å². The predicted octanol–water partition coefficient (Wildman–Crippen LogP) is 16.8. The first-order chi connectivity index (χ1) is 31.7. The standard InChI is InChI=1S/C63H43N/c1-4-17-44(18-5-1)47-35-38-55(39-36-47)64(61-30-16-29-59-62(61)56-27-14-15-28-58(56)63(59,53-23-6-2-7-24-53)54-25-8-3-9-26-54)60-40-37-51(50-33-31-45-19-10-12-21-48(45)41-50)43-57(60)52-34-32-46-20-11-13-22-49(46)42-52/h1-43H.